The lowest BCUT2D eigenvalue weighted by atomic mass is 10.4. The second-order valence-corrected chi connectivity index (χ2v) is 4.30. The van der Waals surface area contributed by atoms with E-state index in [2.05, 4.69) is 0 Å². The van der Waals surface area contributed by atoms with E-state index in [1.54, 1.807) is 12.2 Å². The summed E-state index contributed by atoms with van der Waals surface area (Å²) in [6.07, 6.45) is 1.87. The summed E-state index contributed by atoms with van der Waals surface area (Å²) in [7, 11) is -4.13. The average Bonchev–Trinajstić information content (AvgIpc) is 1.94. The molecule has 0 aromatic heterocycles. The highest BCUT2D eigenvalue weighted by Crippen LogP contribution is 2.34. The maximum absolute atomic E-state index is 10.4. The highest BCUT2D eigenvalue weighted by Gasteiger charge is 2.19. The summed E-state index contributed by atoms with van der Waals surface area (Å²) in [5.41, 5.74) is 0. The Morgan fingerprint density at radius 2 is 2.15 bits per heavy atom. The lowest BCUT2D eigenvalue weighted by Crippen LogP contribution is -2.19. The molecule has 0 fully saturated rings. The Balaban J connectivity index is 3.52. The fourth-order valence-corrected chi connectivity index (χ4v) is 1.35. The van der Waals surface area contributed by atoms with Crippen LogP contribution in [0.1, 0.15) is 6.92 Å². The predicted molar refractivity (Wildman–Crippen MR) is 48.6 cm³/mol. The van der Waals surface area contributed by atoms with Crippen LogP contribution in [0.4, 0.5) is 0 Å². The second-order valence-electron chi connectivity index (χ2n) is 2.61. The first-order valence-electron chi connectivity index (χ1n) is 3.87. The molecule has 0 heterocycles. The molecule has 0 aliphatic rings. The van der Waals surface area contributed by atoms with Gasteiger partial charge in [0.25, 0.3) is 0 Å². The van der Waals surface area contributed by atoms with Crippen LogP contribution < -0.4 is 0 Å². The fraction of sp³-hybridized carbons (Fsp3) is 0.714. The molecule has 0 saturated carbocycles. The van der Waals surface area contributed by atoms with Gasteiger partial charge in [0.1, 0.15) is 0 Å². The van der Waals surface area contributed by atoms with Crippen molar-refractivity contribution in [3.05, 3.63) is 12.2 Å². The van der Waals surface area contributed by atoms with Gasteiger partial charge in [0.15, 0.2) is 0 Å². The molecule has 1 atom stereocenters. The SMILES string of the molecule is CC=CCOCC(O)CP(=O)(O)O. The molecule has 0 rings (SSSR count). The third-order valence-electron chi connectivity index (χ3n) is 1.21. The van der Waals surface area contributed by atoms with Gasteiger partial charge in [0.2, 0.25) is 0 Å². The van der Waals surface area contributed by atoms with E-state index in [0.717, 1.165) is 0 Å². The highest BCUT2D eigenvalue weighted by molar-refractivity contribution is 7.51. The predicted octanol–water partition coefficient (Wildman–Crippen LogP) is 0.118. The Kier molecular flexibility index (Phi) is 6.20. The van der Waals surface area contributed by atoms with Crippen molar-refractivity contribution in [1.82, 2.24) is 0 Å². The van der Waals surface area contributed by atoms with Crippen LogP contribution in [0.25, 0.3) is 0 Å². The number of allylic oxidation sites excluding steroid dienone is 1. The minimum absolute atomic E-state index is 0.0601. The Labute approximate surface area is 77.2 Å². The van der Waals surface area contributed by atoms with Gasteiger partial charge >= 0.3 is 7.60 Å². The van der Waals surface area contributed by atoms with Crippen LogP contribution in [0.2, 0.25) is 0 Å². The molecular formula is C7H15O5P. The summed E-state index contributed by atoms with van der Waals surface area (Å²) < 4.78 is 15.3. The van der Waals surface area contributed by atoms with Gasteiger partial charge < -0.3 is 19.6 Å². The molecule has 0 saturated heterocycles. The van der Waals surface area contributed by atoms with Crippen LogP contribution in [-0.4, -0.2) is 40.4 Å². The zero-order valence-corrected chi connectivity index (χ0v) is 8.35. The molecule has 0 aromatic carbocycles. The van der Waals surface area contributed by atoms with Gasteiger partial charge in [0, 0.05) is 0 Å². The van der Waals surface area contributed by atoms with Crippen molar-refractivity contribution >= 4 is 7.60 Å². The topological polar surface area (TPSA) is 87.0 Å². The second kappa shape index (κ2) is 6.29. The molecule has 0 aromatic rings. The summed E-state index contributed by atoms with van der Waals surface area (Å²) in [6.45, 7) is 2.11. The van der Waals surface area contributed by atoms with Crippen molar-refractivity contribution in [1.29, 1.82) is 0 Å². The normalized spacial score (nSPS) is 15.1. The molecule has 1 unspecified atom stereocenters. The van der Waals surface area contributed by atoms with Crippen LogP contribution in [0.15, 0.2) is 12.2 Å². The minimum Gasteiger partial charge on any atom is -0.390 e. The molecule has 0 amide bonds. The molecule has 78 valence electrons. The van der Waals surface area contributed by atoms with E-state index in [1.807, 2.05) is 6.92 Å². The summed E-state index contributed by atoms with van der Waals surface area (Å²) in [5.74, 6) is 0. The Morgan fingerprint density at radius 1 is 1.54 bits per heavy atom. The fourth-order valence-electron chi connectivity index (χ4n) is 0.696. The quantitative estimate of drug-likeness (QED) is 0.329. The van der Waals surface area contributed by atoms with Crippen molar-refractivity contribution in [2.45, 2.75) is 13.0 Å². The monoisotopic (exact) mass is 210 g/mol. The lowest BCUT2D eigenvalue weighted by molar-refractivity contribution is 0.0589. The van der Waals surface area contributed by atoms with Crippen LogP contribution in [0, 0.1) is 0 Å². The summed E-state index contributed by atoms with van der Waals surface area (Å²) in [6, 6.07) is 0. The van der Waals surface area contributed by atoms with Gasteiger partial charge in [-0.15, -0.1) is 0 Å². The van der Waals surface area contributed by atoms with E-state index in [1.165, 1.54) is 0 Å². The van der Waals surface area contributed by atoms with Crippen LogP contribution in [0.5, 0.6) is 0 Å². The maximum Gasteiger partial charge on any atom is 0.328 e. The van der Waals surface area contributed by atoms with E-state index < -0.39 is 19.9 Å². The molecule has 3 N–H and O–H groups in total. The van der Waals surface area contributed by atoms with Gasteiger partial charge in [0.05, 0.1) is 25.5 Å². The van der Waals surface area contributed by atoms with Gasteiger partial charge in [-0.05, 0) is 6.92 Å². The third kappa shape index (κ3) is 9.73. The van der Waals surface area contributed by atoms with Crippen LogP contribution in [0.3, 0.4) is 0 Å². The molecule has 5 nitrogen and oxygen atoms in total. The molecular weight excluding hydrogens is 195 g/mol. The molecule has 0 aliphatic carbocycles. The Hall–Kier alpha value is -0.190. The van der Waals surface area contributed by atoms with Crippen molar-refractivity contribution in [3.63, 3.8) is 0 Å². The molecule has 0 bridgehead atoms. The number of aliphatic hydroxyl groups is 1. The zero-order chi connectivity index (χ0) is 10.3. The third-order valence-corrected chi connectivity index (χ3v) is 2.11. The maximum atomic E-state index is 10.4. The summed E-state index contributed by atoms with van der Waals surface area (Å²) in [5, 5.41) is 9.04. The highest BCUT2D eigenvalue weighted by atomic mass is 31.2. The first-order chi connectivity index (χ1) is 5.95. The van der Waals surface area contributed by atoms with E-state index in [9.17, 15) is 4.57 Å². The van der Waals surface area contributed by atoms with Crippen LogP contribution >= 0.6 is 7.60 Å². The van der Waals surface area contributed by atoms with Crippen molar-refractivity contribution < 1.29 is 24.2 Å². The molecule has 13 heavy (non-hydrogen) atoms. The van der Waals surface area contributed by atoms with E-state index in [4.69, 9.17) is 19.6 Å². The van der Waals surface area contributed by atoms with Gasteiger partial charge in [-0.25, -0.2) is 0 Å². The van der Waals surface area contributed by atoms with E-state index in [0.29, 0.717) is 6.61 Å². The van der Waals surface area contributed by atoms with E-state index >= 15 is 0 Å². The first-order valence-corrected chi connectivity index (χ1v) is 5.67. The van der Waals surface area contributed by atoms with Gasteiger partial charge in [-0.1, -0.05) is 12.2 Å². The van der Waals surface area contributed by atoms with Crippen molar-refractivity contribution in [3.8, 4) is 0 Å². The number of ether oxygens (including phenoxy) is 1. The van der Waals surface area contributed by atoms with Gasteiger partial charge in [-0.3, -0.25) is 4.57 Å². The van der Waals surface area contributed by atoms with E-state index in [-0.39, 0.29) is 6.61 Å². The number of hydrogen-bond donors (Lipinski definition) is 3. The molecule has 6 heteroatoms. The van der Waals surface area contributed by atoms with Crippen molar-refractivity contribution in [2.75, 3.05) is 19.4 Å². The van der Waals surface area contributed by atoms with Crippen LogP contribution in [-0.2, 0) is 9.30 Å². The number of rotatable bonds is 6. The Bertz CT molecular complexity index is 197. The molecule has 0 radical (unpaired) electrons. The summed E-state index contributed by atoms with van der Waals surface area (Å²) >= 11 is 0. The zero-order valence-electron chi connectivity index (χ0n) is 7.46. The number of aliphatic hydroxyl groups excluding tert-OH is 1. The molecule has 0 aliphatic heterocycles. The number of hydrogen-bond acceptors (Lipinski definition) is 3. The smallest absolute Gasteiger partial charge is 0.328 e. The first kappa shape index (κ1) is 12.8. The average molecular weight is 210 g/mol. The largest absolute Gasteiger partial charge is 0.390 e. The van der Waals surface area contributed by atoms with Gasteiger partial charge in [-0.2, -0.15) is 0 Å². The minimum atomic E-state index is -4.13. The lowest BCUT2D eigenvalue weighted by Gasteiger charge is -2.10. The summed E-state index contributed by atoms with van der Waals surface area (Å²) in [4.78, 5) is 16.9. The molecule has 0 spiro atoms. The van der Waals surface area contributed by atoms with Crippen molar-refractivity contribution in [2.24, 2.45) is 0 Å². The standard InChI is InChI=1S/C7H15O5P/c1-2-3-4-12-5-7(8)6-13(9,10)11/h2-3,7-8H,4-6H2,1H3,(H2,9,10,11). The Morgan fingerprint density at radius 3 is 2.62 bits per heavy atom.